The highest BCUT2D eigenvalue weighted by atomic mass is 35.5. The highest BCUT2D eigenvalue weighted by Gasteiger charge is 2.13. The number of aromatic nitrogens is 2. The van der Waals surface area contributed by atoms with Crippen molar-refractivity contribution in [2.45, 2.75) is 6.54 Å². The molecule has 0 unspecified atom stereocenters. The number of nitrogens with one attached hydrogen (secondary N) is 1. The molecule has 98 valence electrons. The molecule has 1 N–H and O–H groups in total. The molecule has 0 aliphatic heterocycles. The summed E-state index contributed by atoms with van der Waals surface area (Å²) in [4.78, 5) is 4.26. The smallest absolute Gasteiger partial charge is 0.240 e. The first-order valence-corrected chi connectivity index (χ1v) is 5.93. The zero-order chi connectivity index (χ0) is 13.7. The molecule has 0 aliphatic carbocycles. The topological polar surface area (TPSA) is 60.2 Å². The van der Waals surface area contributed by atoms with Crippen LogP contribution in [0.4, 0.5) is 0 Å². The van der Waals surface area contributed by atoms with Crippen LogP contribution in [0.25, 0.3) is 11.4 Å². The van der Waals surface area contributed by atoms with E-state index in [0.717, 1.165) is 5.56 Å². The molecule has 0 amide bonds. The lowest BCUT2D eigenvalue weighted by Gasteiger charge is -2.04. The third-order valence-electron chi connectivity index (χ3n) is 2.38. The molecule has 6 heteroatoms. The van der Waals surface area contributed by atoms with E-state index in [9.17, 15) is 0 Å². The van der Waals surface area contributed by atoms with E-state index in [1.54, 1.807) is 25.3 Å². The van der Waals surface area contributed by atoms with Crippen LogP contribution in [0.5, 0.6) is 5.75 Å². The fraction of sp³-hybridized carbons (Fsp3) is 0.231. The average Bonchev–Trinajstić information content (AvgIpc) is 2.87. The Morgan fingerprint density at radius 2 is 2.37 bits per heavy atom. The molecule has 0 fully saturated rings. The number of methoxy groups -OCH3 is 1. The van der Waals surface area contributed by atoms with E-state index in [1.807, 2.05) is 0 Å². The Labute approximate surface area is 115 Å². The quantitative estimate of drug-likeness (QED) is 0.670. The minimum Gasteiger partial charge on any atom is -0.496 e. The number of halogens is 1. The van der Waals surface area contributed by atoms with Crippen LogP contribution < -0.4 is 10.1 Å². The summed E-state index contributed by atoms with van der Waals surface area (Å²) in [5.74, 6) is 3.97. The predicted molar refractivity (Wildman–Crippen MR) is 71.8 cm³/mol. The van der Waals surface area contributed by atoms with Crippen molar-refractivity contribution in [3.05, 3.63) is 29.1 Å². The second-order valence-electron chi connectivity index (χ2n) is 3.66. The first-order valence-electron chi connectivity index (χ1n) is 5.55. The van der Waals surface area contributed by atoms with Crippen LogP contribution in [0.1, 0.15) is 5.89 Å². The predicted octanol–water partition coefficient (Wildman–Crippen LogP) is 2.12. The van der Waals surface area contributed by atoms with Crippen molar-refractivity contribution in [2.75, 3.05) is 13.7 Å². The largest absolute Gasteiger partial charge is 0.496 e. The van der Waals surface area contributed by atoms with Crippen molar-refractivity contribution in [2.24, 2.45) is 0 Å². The molecule has 5 nitrogen and oxygen atoms in total. The lowest BCUT2D eigenvalue weighted by molar-refractivity contribution is 0.370. The molecule has 0 bridgehead atoms. The van der Waals surface area contributed by atoms with Gasteiger partial charge in [-0.05, 0) is 18.2 Å². The number of nitrogens with zero attached hydrogens (tertiary/aromatic N) is 2. The SMILES string of the molecule is C#CCNCc1nc(-c2ccc(Cl)cc2OC)no1. The number of rotatable bonds is 5. The molecule has 19 heavy (non-hydrogen) atoms. The number of terminal acetylenes is 1. The number of hydrogen-bond donors (Lipinski definition) is 1. The zero-order valence-corrected chi connectivity index (χ0v) is 11.1. The third kappa shape index (κ3) is 3.25. The van der Waals surface area contributed by atoms with Gasteiger partial charge in [0.1, 0.15) is 5.75 Å². The lowest BCUT2D eigenvalue weighted by Crippen LogP contribution is -2.13. The molecule has 0 atom stereocenters. The summed E-state index contributed by atoms with van der Waals surface area (Å²) in [6.07, 6.45) is 5.13. The molecular formula is C13H12ClN3O2. The van der Waals surface area contributed by atoms with Gasteiger partial charge in [-0.15, -0.1) is 6.42 Å². The van der Waals surface area contributed by atoms with Crippen LogP contribution in [0.2, 0.25) is 5.02 Å². The van der Waals surface area contributed by atoms with E-state index in [4.69, 9.17) is 27.3 Å². The molecule has 0 spiro atoms. The van der Waals surface area contributed by atoms with Crippen LogP contribution in [-0.4, -0.2) is 23.8 Å². The Morgan fingerprint density at radius 1 is 1.53 bits per heavy atom. The Morgan fingerprint density at radius 3 is 3.11 bits per heavy atom. The van der Waals surface area contributed by atoms with Gasteiger partial charge in [-0.1, -0.05) is 22.7 Å². The Hall–Kier alpha value is -2.03. The first kappa shape index (κ1) is 13.4. The van der Waals surface area contributed by atoms with E-state index in [1.165, 1.54) is 0 Å². The fourth-order valence-electron chi connectivity index (χ4n) is 1.53. The van der Waals surface area contributed by atoms with Crippen molar-refractivity contribution in [3.8, 4) is 29.5 Å². The second kappa shape index (κ2) is 6.23. The van der Waals surface area contributed by atoms with Crippen molar-refractivity contribution < 1.29 is 9.26 Å². The summed E-state index contributed by atoms with van der Waals surface area (Å²) < 4.78 is 10.4. The maximum Gasteiger partial charge on any atom is 0.240 e. The third-order valence-corrected chi connectivity index (χ3v) is 2.61. The van der Waals surface area contributed by atoms with Crippen molar-refractivity contribution >= 4 is 11.6 Å². The average molecular weight is 278 g/mol. The number of hydrogen-bond acceptors (Lipinski definition) is 5. The molecule has 1 aromatic heterocycles. The minimum atomic E-state index is 0.424. The van der Waals surface area contributed by atoms with E-state index < -0.39 is 0 Å². The van der Waals surface area contributed by atoms with Gasteiger partial charge >= 0.3 is 0 Å². The zero-order valence-electron chi connectivity index (χ0n) is 10.3. The van der Waals surface area contributed by atoms with E-state index in [0.29, 0.717) is 35.6 Å². The van der Waals surface area contributed by atoms with Crippen molar-refractivity contribution in [1.82, 2.24) is 15.5 Å². The lowest BCUT2D eigenvalue weighted by atomic mass is 10.2. The van der Waals surface area contributed by atoms with Crippen molar-refractivity contribution in [1.29, 1.82) is 0 Å². The summed E-state index contributed by atoms with van der Waals surface area (Å²) >= 11 is 5.90. The molecule has 2 rings (SSSR count). The Kier molecular flexibility index (Phi) is 4.39. The van der Waals surface area contributed by atoms with Gasteiger partial charge in [0.05, 0.1) is 25.8 Å². The molecule has 0 aliphatic rings. The van der Waals surface area contributed by atoms with Crippen LogP contribution in [0.15, 0.2) is 22.7 Å². The van der Waals surface area contributed by atoms with E-state index >= 15 is 0 Å². The minimum absolute atomic E-state index is 0.424. The van der Waals surface area contributed by atoms with Gasteiger partial charge in [0.25, 0.3) is 0 Å². The number of benzene rings is 1. The number of ether oxygens (including phenoxy) is 1. The molecular weight excluding hydrogens is 266 g/mol. The van der Waals surface area contributed by atoms with Gasteiger partial charge in [-0.2, -0.15) is 4.98 Å². The van der Waals surface area contributed by atoms with Gasteiger partial charge in [-0.25, -0.2) is 0 Å². The molecule has 1 aromatic carbocycles. The first-order chi connectivity index (χ1) is 9.24. The van der Waals surface area contributed by atoms with Crippen LogP contribution in [0.3, 0.4) is 0 Å². The van der Waals surface area contributed by atoms with Gasteiger partial charge in [0.15, 0.2) is 0 Å². The molecule has 2 aromatic rings. The van der Waals surface area contributed by atoms with Crippen LogP contribution in [0, 0.1) is 12.3 Å². The Bertz CT molecular complexity index is 604. The molecule has 1 heterocycles. The summed E-state index contributed by atoms with van der Waals surface area (Å²) in [7, 11) is 1.56. The maximum absolute atomic E-state index is 5.90. The summed E-state index contributed by atoms with van der Waals surface area (Å²) in [6, 6.07) is 5.22. The van der Waals surface area contributed by atoms with Gasteiger partial charge in [0, 0.05) is 5.02 Å². The Balaban J connectivity index is 2.21. The standard InChI is InChI=1S/C13H12ClN3O2/c1-3-6-15-8-12-16-13(17-19-12)10-5-4-9(14)7-11(10)18-2/h1,4-5,7,15H,6,8H2,2H3. The normalized spacial score (nSPS) is 10.2. The highest BCUT2D eigenvalue weighted by molar-refractivity contribution is 6.30. The van der Waals surface area contributed by atoms with Crippen LogP contribution >= 0.6 is 11.6 Å². The maximum atomic E-state index is 5.90. The molecule has 0 radical (unpaired) electrons. The molecule has 0 saturated heterocycles. The summed E-state index contributed by atoms with van der Waals surface area (Å²) in [6.45, 7) is 0.870. The van der Waals surface area contributed by atoms with E-state index in [2.05, 4.69) is 21.4 Å². The summed E-state index contributed by atoms with van der Waals surface area (Å²) in [5.41, 5.74) is 0.721. The molecule has 0 saturated carbocycles. The highest BCUT2D eigenvalue weighted by Crippen LogP contribution is 2.30. The van der Waals surface area contributed by atoms with Gasteiger partial charge < -0.3 is 9.26 Å². The van der Waals surface area contributed by atoms with E-state index in [-0.39, 0.29) is 0 Å². The van der Waals surface area contributed by atoms with Gasteiger partial charge in [-0.3, -0.25) is 5.32 Å². The fourth-order valence-corrected chi connectivity index (χ4v) is 1.69. The second-order valence-corrected chi connectivity index (χ2v) is 4.10. The summed E-state index contributed by atoms with van der Waals surface area (Å²) in [5, 5.41) is 7.46. The van der Waals surface area contributed by atoms with Crippen molar-refractivity contribution in [3.63, 3.8) is 0 Å². The van der Waals surface area contributed by atoms with Gasteiger partial charge in [0.2, 0.25) is 11.7 Å². The monoisotopic (exact) mass is 277 g/mol. The van der Waals surface area contributed by atoms with Crippen LogP contribution in [-0.2, 0) is 6.54 Å².